The number of sulfonamides is 1. The minimum atomic E-state index is -3.58. The predicted molar refractivity (Wildman–Crippen MR) is 122 cm³/mol. The van der Waals surface area contributed by atoms with Crippen LogP contribution in [0, 0.1) is 13.8 Å². The molecule has 7 heteroatoms. The number of carbonyl (C=O) groups excluding carboxylic acids is 1. The van der Waals surface area contributed by atoms with E-state index in [0.29, 0.717) is 29.7 Å². The van der Waals surface area contributed by atoms with Crippen LogP contribution < -0.4 is 4.74 Å². The van der Waals surface area contributed by atoms with Gasteiger partial charge in [-0.05, 0) is 61.6 Å². The Bertz CT molecular complexity index is 1020. The lowest BCUT2D eigenvalue weighted by atomic mass is 10.0. The molecule has 168 valence electrons. The van der Waals surface area contributed by atoms with E-state index in [0.717, 1.165) is 11.1 Å². The molecule has 0 aliphatic carbocycles. The molecule has 1 aliphatic heterocycles. The molecule has 0 spiro atoms. The van der Waals surface area contributed by atoms with Crippen LogP contribution in [0.3, 0.4) is 0 Å². The lowest BCUT2D eigenvalue weighted by Crippen LogP contribution is -2.53. The Morgan fingerprint density at radius 1 is 0.935 bits per heavy atom. The zero-order valence-corrected chi connectivity index (χ0v) is 19.8. The summed E-state index contributed by atoms with van der Waals surface area (Å²) >= 11 is 0. The first-order valence-electron chi connectivity index (χ1n) is 10.7. The largest absolute Gasteiger partial charge is 0.481 e. The van der Waals surface area contributed by atoms with E-state index in [1.54, 1.807) is 24.8 Å². The number of amides is 1. The standard InChI is InChI=1S/C24H32N2O4S/c1-17(2)21-8-10-22(11-9-21)30-20(5)24(27)25-12-14-26(15-13-25)31(28,29)23-16-18(3)6-7-19(23)4/h6-11,16-17,20H,12-15H2,1-5H3. The first-order valence-corrected chi connectivity index (χ1v) is 12.2. The van der Waals surface area contributed by atoms with Gasteiger partial charge in [-0.3, -0.25) is 4.79 Å². The monoisotopic (exact) mass is 444 g/mol. The smallest absolute Gasteiger partial charge is 0.263 e. The lowest BCUT2D eigenvalue weighted by Gasteiger charge is -2.35. The van der Waals surface area contributed by atoms with Gasteiger partial charge in [0.05, 0.1) is 4.90 Å². The number of carbonyl (C=O) groups is 1. The lowest BCUT2D eigenvalue weighted by molar-refractivity contribution is -0.139. The van der Waals surface area contributed by atoms with Crippen LogP contribution in [0.15, 0.2) is 47.4 Å². The highest BCUT2D eigenvalue weighted by Crippen LogP contribution is 2.23. The molecule has 1 heterocycles. The zero-order chi connectivity index (χ0) is 22.8. The fraction of sp³-hybridized carbons (Fsp3) is 0.458. The number of ether oxygens (including phenoxy) is 1. The molecule has 6 nitrogen and oxygen atoms in total. The minimum absolute atomic E-state index is 0.128. The van der Waals surface area contributed by atoms with Crippen LogP contribution in [0.4, 0.5) is 0 Å². The summed E-state index contributed by atoms with van der Waals surface area (Å²) in [7, 11) is -3.58. The maximum Gasteiger partial charge on any atom is 0.263 e. The summed E-state index contributed by atoms with van der Waals surface area (Å²) in [5.41, 5.74) is 2.85. The van der Waals surface area contributed by atoms with Crippen LogP contribution in [0.25, 0.3) is 0 Å². The van der Waals surface area contributed by atoms with Gasteiger partial charge in [-0.2, -0.15) is 4.31 Å². The van der Waals surface area contributed by atoms with Crippen molar-refractivity contribution < 1.29 is 17.9 Å². The highest BCUT2D eigenvalue weighted by molar-refractivity contribution is 7.89. The summed E-state index contributed by atoms with van der Waals surface area (Å²) < 4.78 is 33.5. The van der Waals surface area contributed by atoms with Crippen molar-refractivity contribution in [3.05, 3.63) is 59.2 Å². The molecule has 0 bridgehead atoms. The second-order valence-electron chi connectivity index (χ2n) is 8.48. The van der Waals surface area contributed by atoms with Crippen molar-refractivity contribution in [2.45, 2.75) is 51.5 Å². The van der Waals surface area contributed by atoms with Crippen molar-refractivity contribution in [3.8, 4) is 5.75 Å². The van der Waals surface area contributed by atoms with Crippen molar-refractivity contribution in [2.24, 2.45) is 0 Å². The third-order valence-electron chi connectivity index (χ3n) is 5.72. The molecule has 1 saturated heterocycles. The minimum Gasteiger partial charge on any atom is -0.481 e. The number of aryl methyl sites for hydroxylation is 2. The van der Waals surface area contributed by atoms with Crippen LogP contribution in [0.1, 0.15) is 43.4 Å². The van der Waals surface area contributed by atoms with Crippen LogP contribution in [0.2, 0.25) is 0 Å². The van der Waals surface area contributed by atoms with Gasteiger partial charge in [-0.25, -0.2) is 8.42 Å². The summed E-state index contributed by atoms with van der Waals surface area (Å²) in [5, 5.41) is 0. The average Bonchev–Trinajstić information content (AvgIpc) is 2.75. The molecule has 0 N–H and O–H groups in total. The van der Waals surface area contributed by atoms with Crippen molar-refractivity contribution in [1.29, 1.82) is 0 Å². The summed E-state index contributed by atoms with van der Waals surface area (Å²) in [6.45, 7) is 10.9. The molecular weight excluding hydrogens is 412 g/mol. The highest BCUT2D eigenvalue weighted by atomic mass is 32.2. The highest BCUT2D eigenvalue weighted by Gasteiger charge is 2.32. The van der Waals surface area contributed by atoms with E-state index < -0.39 is 16.1 Å². The molecule has 1 aliphatic rings. The molecule has 1 fully saturated rings. The molecule has 0 aromatic heterocycles. The van der Waals surface area contributed by atoms with Crippen molar-refractivity contribution in [2.75, 3.05) is 26.2 Å². The van der Waals surface area contributed by atoms with Gasteiger partial charge in [-0.1, -0.05) is 38.1 Å². The molecule has 1 unspecified atom stereocenters. The number of nitrogens with zero attached hydrogens (tertiary/aromatic N) is 2. The van der Waals surface area contributed by atoms with Crippen LogP contribution in [-0.2, 0) is 14.8 Å². The molecule has 2 aromatic rings. The Hall–Kier alpha value is -2.38. The molecule has 0 saturated carbocycles. The molecule has 1 atom stereocenters. The van der Waals surface area contributed by atoms with Crippen LogP contribution in [-0.4, -0.2) is 55.8 Å². The van der Waals surface area contributed by atoms with Crippen molar-refractivity contribution in [3.63, 3.8) is 0 Å². The van der Waals surface area contributed by atoms with E-state index >= 15 is 0 Å². The fourth-order valence-corrected chi connectivity index (χ4v) is 5.45. The van der Waals surface area contributed by atoms with Crippen LogP contribution >= 0.6 is 0 Å². The van der Waals surface area contributed by atoms with E-state index in [4.69, 9.17) is 4.74 Å². The topological polar surface area (TPSA) is 66.9 Å². The number of rotatable bonds is 6. The van der Waals surface area contributed by atoms with E-state index in [1.807, 2.05) is 43.3 Å². The maximum atomic E-state index is 13.1. The normalized spacial score (nSPS) is 16.4. The predicted octanol–water partition coefficient (Wildman–Crippen LogP) is 3.73. The number of piperazine rings is 1. The second kappa shape index (κ2) is 9.40. The summed E-state index contributed by atoms with van der Waals surface area (Å²) in [4.78, 5) is 14.9. The summed E-state index contributed by atoms with van der Waals surface area (Å²) in [6, 6.07) is 13.2. The average molecular weight is 445 g/mol. The zero-order valence-electron chi connectivity index (χ0n) is 19.0. The van der Waals surface area contributed by atoms with E-state index in [2.05, 4.69) is 13.8 Å². The van der Waals surface area contributed by atoms with E-state index in [1.165, 1.54) is 9.87 Å². The van der Waals surface area contributed by atoms with Gasteiger partial charge in [0.25, 0.3) is 5.91 Å². The Kier molecular flexibility index (Phi) is 7.06. The third-order valence-corrected chi connectivity index (χ3v) is 7.76. The van der Waals surface area contributed by atoms with Crippen molar-refractivity contribution in [1.82, 2.24) is 9.21 Å². The molecule has 31 heavy (non-hydrogen) atoms. The SMILES string of the molecule is Cc1ccc(C)c(S(=O)(=O)N2CCN(C(=O)C(C)Oc3ccc(C(C)C)cc3)CC2)c1. The summed E-state index contributed by atoms with van der Waals surface area (Å²) in [5.74, 6) is 0.961. The molecular formula is C24H32N2O4S. The van der Waals surface area contributed by atoms with Gasteiger partial charge >= 0.3 is 0 Å². The first kappa shape index (κ1) is 23.3. The first-order chi connectivity index (χ1) is 14.6. The fourth-order valence-electron chi connectivity index (χ4n) is 3.72. The molecule has 0 radical (unpaired) electrons. The summed E-state index contributed by atoms with van der Waals surface area (Å²) in [6.07, 6.45) is -0.632. The number of hydrogen-bond donors (Lipinski definition) is 0. The molecule has 2 aromatic carbocycles. The van der Waals surface area contributed by atoms with Gasteiger partial charge in [-0.15, -0.1) is 0 Å². The number of benzene rings is 2. The van der Waals surface area contributed by atoms with Crippen LogP contribution in [0.5, 0.6) is 5.75 Å². The molecule has 1 amide bonds. The third kappa shape index (κ3) is 5.28. The van der Waals surface area contributed by atoms with Gasteiger partial charge in [0.15, 0.2) is 6.10 Å². The van der Waals surface area contributed by atoms with Gasteiger partial charge in [0, 0.05) is 26.2 Å². The Morgan fingerprint density at radius 3 is 2.13 bits per heavy atom. The van der Waals surface area contributed by atoms with Gasteiger partial charge in [0.1, 0.15) is 5.75 Å². The van der Waals surface area contributed by atoms with Gasteiger partial charge in [0.2, 0.25) is 10.0 Å². The second-order valence-corrected chi connectivity index (χ2v) is 10.4. The van der Waals surface area contributed by atoms with Gasteiger partial charge < -0.3 is 9.64 Å². The Morgan fingerprint density at radius 2 is 1.55 bits per heavy atom. The quantitative estimate of drug-likeness (QED) is 0.681. The van der Waals surface area contributed by atoms with Crippen molar-refractivity contribution >= 4 is 15.9 Å². The number of hydrogen-bond acceptors (Lipinski definition) is 4. The Labute approximate surface area is 185 Å². The molecule has 3 rings (SSSR count). The Balaban J connectivity index is 1.60. The maximum absolute atomic E-state index is 13.1. The van der Waals surface area contributed by atoms with E-state index in [9.17, 15) is 13.2 Å². The van der Waals surface area contributed by atoms with E-state index in [-0.39, 0.29) is 19.0 Å².